The lowest BCUT2D eigenvalue weighted by Gasteiger charge is -2.25. The predicted molar refractivity (Wildman–Crippen MR) is 68.6 cm³/mol. The molecule has 0 radical (unpaired) electrons. The molecule has 84 valence electrons. The van der Waals surface area contributed by atoms with Crippen LogP contribution < -0.4 is 0 Å². The molecular weight excluding hydrogens is 275 g/mol. The summed E-state index contributed by atoms with van der Waals surface area (Å²) in [7, 11) is 0. The van der Waals surface area contributed by atoms with Crippen LogP contribution in [0.4, 0.5) is 0 Å². The molecule has 0 aromatic carbocycles. The minimum Gasteiger partial charge on any atom is -0.296 e. The van der Waals surface area contributed by atoms with Gasteiger partial charge in [0.05, 0.1) is 5.02 Å². The fraction of sp³-hybridized carbons (Fsp3) is 0.545. The first-order chi connectivity index (χ1) is 7.15. The maximum absolute atomic E-state index is 6.07. The number of alkyl halides is 1. The molecule has 4 heteroatoms. The highest BCUT2D eigenvalue weighted by molar-refractivity contribution is 9.09. The molecule has 15 heavy (non-hydrogen) atoms. The van der Waals surface area contributed by atoms with Gasteiger partial charge in [0.1, 0.15) is 0 Å². The Morgan fingerprint density at radius 3 is 2.80 bits per heavy atom. The summed E-state index contributed by atoms with van der Waals surface area (Å²) in [6.45, 7) is 6.29. The molecule has 0 aliphatic carbocycles. The van der Waals surface area contributed by atoms with Crippen LogP contribution in [0, 0.1) is 0 Å². The van der Waals surface area contributed by atoms with Gasteiger partial charge in [-0.05, 0) is 25.5 Å². The lowest BCUT2D eigenvalue weighted by atomic mass is 10.2. The van der Waals surface area contributed by atoms with Gasteiger partial charge in [0.15, 0.2) is 0 Å². The maximum atomic E-state index is 6.07. The summed E-state index contributed by atoms with van der Waals surface area (Å²) in [6, 6.07) is 2.50. The number of nitrogens with zero attached hydrogens (tertiary/aromatic N) is 2. The molecule has 0 saturated heterocycles. The third-order valence-corrected chi connectivity index (χ3v) is 3.03. The Hall–Kier alpha value is -0.120. The summed E-state index contributed by atoms with van der Waals surface area (Å²) in [5.74, 6) is 0. The van der Waals surface area contributed by atoms with Crippen LogP contribution in [0.2, 0.25) is 5.02 Å². The quantitative estimate of drug-likeness (QED) is 0.774. The van der Waals surface area contributed by atoms with Gasteiger partial charge in [-0.2, -0.15) is 0 Å². The Balaban J connectivity index is 2.69. The van der Waals surface area contributed by atoms with Gasteiger partial charge in [0.2, 0.25) is 0 Å². The van der Waals surface area contributed by atoms with Crippen molar-refractivity contribution in [3.8, 4) is 0 Å². The summed E-state index contributed by atoms with van der Waals surface area (Å²) >= 11 is 9.54. The third-order valence-electron chi connectivity index (χ3n) is 2.33. The summed E-state index contributed by atoms with van der Waals surface area (Å²) < 4.78 is 0. The van der Waals surface area contributed by atoms with E-state index in [-0.39, 0.29) is 0 Å². The fourth-order valence-corrected chi connectivity index (χ4v) is 2.01. The van der Waals surface area contributed by atoms with Gasteiger partial charge in [-0.3, -0.25) is 9.88 Å². The zero-order valence-electron chi connectivity index (χ0n) is 9.08. The molecule has 0 atom stereocenters. The average Bonchev–Trinajstić information content (AvgIpc) is 2.20. The maximum Gasteiger partial charge on any atom is 0.0634 e. The van der Waals surface area contributed by atoms with Crippen molar-refractivity contribution in [3.05, 3.63) is 29.0 Å². The second-order valence-corrected chi connectivity index (χ2v) is 4.92. The zero-order chi connectivity index (χ0) is 11.3. The van der Waals surface area contributed by atoms with E-state index in [4.69, 9.17) is 11.6 Å². The fourth-order valence-electron chi connectivity index (χ4n) is 1.38. The van der Waals surface area contributed by atoms with Crippen molar-refractivity contribution in [1.29, 1.82) is 0 Å². The molecular formula is C11H16BrClN2. The van der Waals surface area contributed by atoms with Gasteiger partial charge in [0, 0.05) is 36.9 Å². The molecule has 1 aromatic rings. The van der Waals surface area contributed by atoms with Crippen LogP contribution >= 0.6 is 27.5 Å². The van der Waals surface area contributed by atoms with Crippen LogP contribution in [-0.4, -0.2) is 27.8 Å². The summed E-state index contributed by atoms with van der Waals surface area (Å²) in [5.41, 5.74) is 1.14. The minimum atomic E-state index is 0.520. The predicted octanol–water partition coefficient (Wildman–Crippen LogP) is 3.34. The minimum absolute atomic E-state index is 0.520. The summed E-state index contributed by atoms with van der Waals surface area (Å²) in [4.78, 5) is 6.35. The van der Waals surface area contributed by atoms with E-state index in [9.17, 15) is 0 Å². The van der Waals surface area contributed by atoms with E-state index in [1.807, 2.05) is 6.07 Å². The Morgan fingerprint density at radius 2 is 2.27 bits per heavy atom. The van der Waals surface area contributed by atoms with E-state index in [1.54, 1.807) is 12.4 Å². The number of aromatic nitrogens is 1. The molecule has 0 N–H and O–H groups in total. The first kappa shape index (κ1) is 12.9. The number of hydrogen-bond acceptors (Lipinski definition) is 2. The van der Waals surface area contributed by atoms with E-state index in [0.29, 0.717) is 6.04 Å². The molecule has 0 spiro atoms. The highest BCUT2D eigenvalue weighted by atomic mass is 79.9. The van der Waals surface area contributed by atoms with Crippen LogP contribution in [0.5, 0.6) is 0 Å². The Labute approximate surface area is 105 Å². The SMILES string of the molecule is CC(C)N(CCBr)Cc1ccncc1Cl. The first-order valence-electron chi connectivity index (χ1n) is 5.03. The molecule has 0 aliphatic heterocycles. The van der Waals surface area contributed by atoms with Gasteiger partial charge in [-0.15, -0.1) is 0 Å². The molecule has 0 unspecified atom stereocenters. The lowest BCUT2D eigenvalue weighted by Crippen LogP contribution is -2.32. The zero-order valence-corrected chi connectivity index (χ0v) is 11.4. The van der Waals surface area contributed by atoms with Gasteiger partial charge in [-0.25, -0.2) is 0 Å². The normalized spacial score (nSPS) is 11.3. The second kappa shape index (κ2) is 6.46. The molecule has 2 nitrogen and oxygen atoms in total. The topological polar surface area (TPSA) is 16.1 Å². The van der Waals surface area contributed by atoms with Crippen molar-refractivity contribution in [2.45, 2.75) is 26.4 Å². The number of rotatable bonds is 5. The third kappa shape index (κ3) is 4.09. The van der Waals surface area contributed by atoms with E-state index in [1.165, 1.54) is 0 Å². The van der Waals surface area contributed by atoms with Crippen molar-refractivity contribution in [1.82, 2.24) is 9.88 Å². The molecule has 0 fully saturated rings. The monoisotopic (exact) mass is 290 g/mol. The van der Waals surface area contributed by atoms with Crippen LogP contribution in [0.3, 0.4) is 0 Å². The van der Waals surface area contributed by atoms with Crippen molar-refractivity contribution in [2.24, 2.45) is 0 Å². The van der Waals surface area contributed by atoms with Crippen molar-refractivity contribution < 1.29 is 0 Å². The largest absolute Gasteiger partial charge is 0.296 e. The highest BCUT2D eigenvalue weighted by Gasteiger charge is 2.10. The van der Waals surface area contributed by atoms with Crippen LogP contribution in [0.1, 0.15) is 19.4 Å². The summed E-state index contributed by atoms with van der Waals surface area (Å²) in [5, 5.41) is 1.73. The van der Waals surface area contributed by atoms with E-state index < -0.39 is 0 Å². The average molecular weight is 292 g/mol. The Bertz CT molecular complexity index is 304. The highest BCUT2D eigenvalue weighted by Crippen LogP contribution is 2.16. The summed E-state index contributed by atoms with van der Waals surface area (Å²) in [6.07, 6.45) is 3.48. The molecule has 1 rings (SSSR count). The van der Waals surface area contributed by atoms with Gasteiger partial charge < -0.3 is 0 Å². The first-order valence-corrected chi connectivity index (χ1v) is 6.53. The van der Waals surface area contributed by atoms with Crippen LogP contribution in [0.15, 0.2) is 18.5 Å². The van der Waals surface area contributed by atoms with Crippen LogP contribution in [-0.2, 0) is 6.54 Å². The van der Waals surface area contributed by atoms with E-state index in [2.05, 4.69) is 39.7 Å². The number of halogens is 2. The van der Waals surface area contributed by atoms with Crippen molar-refractivity contribution in [2.75, 3.05) is 11.9 Å². The molecule has 1 heterocycles. The molecule has 0 aliphatic rings. The van der Waals surface area contributed by atoms with E-state index in [0.717, 1.165) is 29.0 Å². The van der Waals surface area contributed by atoms with E-state index >= 15 is 0 Å². The molecule has 0 saturated carbocycles. The van der Waals surface area contributed by atoms with Gasteiger partial charge >= 0.3 is 0 Å². The lowest BCUT2D eigenvalue weighted by molar-refractivity contribution is 0.227. The molecule has 0 bridgehead atoms. The Kier molecular flexibility index (Phi) is 5.58. The van der Waals surface area contributed by atoms with Crippen molar-refractivity contribution >= 4 is 27.5 Å². The molecule has 1 aromatic heterocycles. The Morgan fingerprint density at radius 1 is 1.53 bits per heavy atom. The number of hydrogen-bond donors (Lipinski definition) is 0. The van der Waals surface area contributed by atoms with Gasteiger partial charge in [0.25, 0.3) is 0 Å². The smallest absolute Gasteiger partial charge is 0.0634 e. The van der Waals surface area contributed by atoms with Gasteiger partial charge in [-0.1, -0.05) is 27.5 Å². The number of pyridine rings is 1. The molecule has 0 amide bonds. The van der Waals surface area contributed by atoms with Crippen LogP contribution in [0.25, 0.3) is 0 Å². The standard InChI is InChI=1S/C11H16BrClN2/c1-9(2)15(6-4-12)8-10-3-5-14-7-11(10)13/h3,5,7,9H,4,6,8H2,1-2H3. The second-order valence-electron chi connectivity index (χ2n) is 3.72. The van der Waals surface area contributed by atoms with Crippen molar-refractivity contribution in [3.63, 3.8) is 0 Å².